The SMILES string of the molecule is CC[C@@H]1Cc2ccc(OC)c3c2[C@@]2(C)[C@@H](O3)C(OC(=O)CN(CC(=O)O)C(=O)OC(C)(CC)CCOC(C)C(=O)N(CC(=O)O)CC(=O)OC3=CC[C@@]4(O)C5CCC[C@@]46c4c(ccc(OC)c4O[C@@H]36)C5)=CC[C@@]12O. The number of amides is 2. The fraction of sp³-hybridized carbons (Fsp3) is 0.593. The third-order valence-electron chi connectivity index (χ3n) is 17.3. The lowest BCUT2D eigenvalue weighted by Gasteiger charge is -2.59. The summed E-state index contributed by atoms with van der Waals surface area (Å²) in [5.41, 5.74) is -2.02. The third-order valence-corrected chi connectivity index (χ3v) is 17.3. The normalized spacial score (nSPS) is 29.3. The van der Waals surface area contributed by atoms with Gasteiger partial charge in [0.25, 0.3) is 5.91 Å². The fourth-order valence-corrected chi connectivity index (χ4v) is 13.4. The van der Waals surface area contributed by atoms with Crippen molar-refractivity contribution in [2.24, 2.45) is 11.8 Å². The van der Waals surface area contributed by atoms with Gasteiger partial charge in [0, 0.05) is 17.5 Å². The molecule has 2 aliphatic heterocycles. The standard InChI is InChI=1S/C54H66N2O18/c1-8-32-23-30-12-14-34(67-6)44-42(30)51(5)46(72-44)36(16-19-53(32,51)65)70-41(62)28-56(26-39(59)60)49(64)74-50(4,9-2)21-22-69-29(3)48(63)55(25-38(57)58)27-40(61)71-37-17-20-54(66)33-11-10-18-52(54)43-31(24-33)13-15-35(68-7)45(43)73-47(37)52/h12-17,29,32-33,46-47,65-66H,8-11,18-28H2,1-7H3,(H,57,58)(H,59,60)/t29?,32-,33?,46+,47+,50?,51+,52+,53-,54-/m1/s1. The maximum Gasteiger partial charge on any atom is 0.411 e. The molecule has 400 valence electrons. The average molecular weight is 1030 g/mol. The minimum Gasteiger partial charge on any atom is -0.493 e. The van der Waals surface area contributed by atoms with E-state index < -0.39 is 108 Å². The summed E-state index contributed by atoms with van der Waals surface area (Å²) in [6, 6.07) is 7.58. The molecule has 3 unspecified atom stereocenters. The Morgan fingerprint density at radius 3 is 1.96 bits per heavy atom. The average Bonchev–Trinajstić information content (AvgIpc) is 3.91. The van der Waals surface area contributed by atoms with Crippen LogP contribution >= 0.6 is 0 Å². The van der Waals surface area contributed by atoms with E-state index in [2.05, 4.69) is 0 Å². The fourth-order valence-electron chi connectivity index (χ4n) is 13.4. The highest BCUT2D eigenvalue weighted by molar-refractivity contribution is 5.88. The Balaban J connectivity index is 0.816. The van der Waals surface area contributed by atoms with Gasteiger partial charge in [0.05, 0.1) is 42.9 Å². The first-order chi connectivity index (χ1) is 35.1. The van der Waals surface area contributed by atoms with E-state index in [1.54, 1.807) is 32.1 Å². The topological polar surface area (TPSA) is 264 Å². The summed E-state index contributed by atoms with van der Waals surface area (Å²) in [5.74, 6) is -3.63. The van der Waals surface area contributed by atoms with Crippen molar-refractivity contribution >= 4 is 35.9 Å². The van der Waals surface area contributed by atoms with E-state index >= 15 is 0 Å². The van der Waals surface area contributed by atoms with Crippen molar-refractivity contribution in [2.75, 3.05) is 47.0 Å². The van der Waals surface area contributed by atoms with Crippen LogP contribution in [0.5, 0.6) is 23.0 Å². The molecular formula is C54H66N2O18. The highest BCUT2D eigenvalue weighted by Gasteiger charge is 2.71. The molecule has 1 fully saturated rings. The van der Waals surface area contributed by atoms with E-state index in [1.165, 1.54) is 21.1 Å². The molecule has 9 rings (SSSR count). The van der Waals surface area contributed by atoms with Crippen LogP contribution in [0.25, 0.3) is 0 Å². The van der Waals surface area contributed by atoms with Crippen molar-refractivity contribution in [1.29, 1.82) is 0 Å². The number of carbonyl (C=O) groups excluding carboxylic acids is 4. The molecule has 74 heavy (non-hydrogen) atoms. The number of carbonyl (C=O) groups is 6. The Bertz CT molecular complexity index is 2720. The van der Waals surface area contributed by atoms with Gasteiger partial charge in [-0.1, -0.05) is 38.8 Å². The monoisotopic (exact) mass is 1030 g/mol. The number of benzene rings is 2. The third kappa shape index (κ3) is 8.31. The zero-order valence-electron chi connectivity index (χ0n) is 42.9. The van der Waals surface area contributed by atoms with Crippen LogP contribution in [0.4, 0.5) is 4.79 Å². The molecule has 0 radical (unpaired) electrons. The molecule has 2 bridgehead atoms. The van der Waals surface area contributed by atoms with E-state index in [0.717, 1.165) is 40.0 Å². The Morgan fingerprint density at radius 2 is 1.35 bits per heavy atom. The van der Waals surface area contributed by atoms with Gasteiger partial charge in [-0.15, -0.1) is 0 Å². The number of ether oxygens (including phenoxy) is 8. The molecule has 1 spiro atoms. The van der Waals surface area contributed by atoms with Crippen LogP contribution < -0.4 is 18.9 Å². The summed E-state index contributed by atoms with van der Waals surface area (Å²) in [5, 5.41) is 44.3. The van der Waals surface area contributed by atoms with Crippen molar-refractivity contribution in [1.82, 2.24) is 9.80 Å². The summed E-state index contributed by atoms with van der Waals surface area (Å²) < 4.78 is 47.7. The van der Waals surface area contributed by atoms with Crippen molar-refractivity contribution in [3.63, 3.8) is 0 Å². The highest BCUT2D eigenvalue weighted by Crippen LogP contribution is 2.68. The molecule has 7 aliphatic rings. The minimum absolute atomic E-state index is 0.0310. The van der Waals surface area contributed by atoms with Crippen LogP contribution in [0.15, 0.2) is 47.9 Å². The molecule has 0 saturated heterocycles. The number of hydrogen-bond donors (Lipinski definition) is 4. The number of aliphatic hydroxyl groups is 2. The van der Waals surface area contributed by atoms with E-state index in [9.17, 15) is 49.2 Å². The largest absolute Gasteiger partial charge is 0.493 e. The van der Waals surface area contributed by atoms with Crippen LogP contribution in [-0.2, 0) is 66.6 Å². The minimum atomic E-state index is -1.43. The van der Waals surface area contributed by atoms with Crippen LogP contribution in [0.3, 0.4) is 0 Å². The number of esters is 2. The Kier molecular flexibility index (Phi) is 13.8. The molecule has 20 heteroatoms. The summed E-state index contributed by atoms with van der Waals surface area (Å²) in [6.45, 7) is 4.96. The molecule has 0 aromatic heterocycles. The maximum absolute atomic E-state index is 13.8. The number of methoxy groups -OCH3 is 2. The predicted molar refractivity (Wildman–Crippen MR) is 258 cm³/mol. The lowest BCUT2D eigenvalue weighted by Crippen LogP contribution is -2.67. The van der Waals surface area contributed by atoms with Crippen molar-refractivity contribution in [3.05, 3.63) is 70.2 Å². The van der Waals surface area contributed by atoms with Crippen LogP contribution in [0, 0.1) is 11.8 Å². The Labute approximate surface area is 428 Å². The highest BCUT2D eigenvalue weighted by atomic mass is 16.6. The van der Waals surface area contributed by atoms with Gasteiger partial charge in [-0.05, 0) is 113 Å². The lowest BCUT2D eigenvalue weighted by atomic mass is 9.47. The first kappa shape index (κ1) is 52.5. The van der Waals surface area contributed by atoms with Crippen LogP contribution in [0.1, 0.15) is 108 Å². The lowest BCUT2D eigenvalue weighted by molar-refractivity contribution is -0.163. The van der Waals surface area contributed by atoms with E-state index in [1.807, 2.05) is 32.0 Å². The molecule has 4 N–H and O–H groups in total. The van der Waals surface area contributed by atoms with Crippen molar-refractivity contribution in [2.45, 2.75) is 145 Å². The molecule has 2 aromatic rings. The van der Waals surface area contributed by atoms with E-state index in [4.69, 9.17) is 37.9 Å². The van der Waals surface area contributed by atoms with Gasteiger partial charge in [-0.25, -0.2) is 14.4 Å². The zero-order valence-corrected chi connectivity index (χ0v) is 42.9. The molecule has 2 amide bonds. The Morgan fingerprint density at radius 1 is 0.784 bits per heavy atom. The number of rotatable bonds is 20. The maximum atomic E-state index is 13.8. The first-order valence-electron chi connectivity index (χ1n) is 25.4. The molecular weight excluding hydrogens is 965 g/mol. The summed E-state index contributed by atoms with van der Waals surface area (Å²) in [4.78, 5) is 80.5. The van der Waals surface area contributed by atoms with Gasteiger partial charge in [0.2, 0.25) is 0 Å². The van der Waals surface area contributed by atoms with Crippen LogP contribution in [-0.4, -0.2) is 148 Å². The van der Waals surface area contributed by atoms with Crippen LogP contribution in [0.2, 0.25) is 0 Å². The first-order valence-corrected chi connectivity index (χ1v) is 25.4. The number of nitrogens with zero attached hydrogens (tertiary/aromatic N) is 2. The Hall–Kier alpha value is -6.38. The second kappa shape index (κ2) is 19.4. The molecule has 20 nitrogen and oxygen atoms in total. The van der Waals surface area contributed by atoms with Gasteiger partial charge in [0.1, 0.15) is 49.4 Å². The second-order valence-electron chi connectivity index (χ2n) is 21.2. The molecule has 2 heterocycles. The number of carboxylic acids is 2. The number of hydrogen-bond acceptors (Lipinski definition) is 16. The van der Waals surface area contributed by atoms with Gasteiger partial charge >= 0.3 is 30.0 Å². The smallest absolute Gasteiger partial charge is 0.411 e. The summed E-state index contributed by atoms with van der Waals surface area (Å²) in [7, 11) is 3.04. The van der Waals surface area contributed by atoms with Gasteiger partial charge < -0.3 is 63.2 Å². The van der Waals surface area contributed by atoms with E-state index in [-0.39, 0.29) is 55.6 Å². The quantitative estimate of drug-likeness (QED) is 0.102. The number of aliphatic carboxylic acids is 2. The summed E-state index contributed by atoms with van der Waals surface area (Å²) in [6.07, 6.45) is 3.66. The van der Waals surface area contributed by atoms with E-state index in [0.29, 0.717) is 53.6 Å². The van der Waals surface area contributed by atoms with Gasteiger partial charge in [-0.3, -0.25) is 19.3 Å². The molecule has 5 aliphatic carbocycles. The molecule has 10 atom stereocenters. The number of carboxylic acid groups (broad SMARTS) is 2. The van der Waals surface area contributed by atoms with Gasteiger partial charge in [-0.2, -0.15) is 0 Å². The second-order valence-corrected chi connectivity index (χ2v) is 21.2. The zero-order chi connectivity index (χ0) is 53.3. The summed E-state index contributed by atoms with van der Waals surface area (Å²) >= 11 is 0. The van der Waals surface area contributed by atoms with Crippen molar-refractivity contribution in [3.8, 4) is 23.0 Å². The molecule has 2 aromatic carbocycles. The predicted octanol–water partition coefficient (Wildman–Crippen LogP) is 4.88. The van der Waals surface area contributed by atoms with Crippen molar-refractivity contribution < 1.29 is 87.1 Å². The van der Waals surface area contributed by atoms with Gasteiger partial charge in [0.15, 0.2) is 35.2 Å². The molecule has 1 saturated carbocycles.